The van der Waals surface area contributed by atoms with Crippen LogP contribution in [0.15, 0.2) is 0 Å². The van der Waals surface area contributed by atoms with Gasteiger partial charge in [-0.25, -0.2) is 8.42 Å². The molecule has 0 radical (unpaired) electrons. The second kappa shape index (κ2) is 4.50. The molecule has 0 aromatic rings. The van der Waals surface area contributed by atoms with Gasteiger partial charge in [0.25, 0.3) is 0 Å². The van der Waals surface area contributed by atoms with Crippen LogP contribution in [0.3, 0.4) is 0 Å². The summed E-state index contributed by atoms with van der Waals surface area (Å²) < 4.78 is 25.5. The molecule has 0 spiro atoms. The van der Waals surface area contributed by atoms with Crippen molar-refractivity contribution >= 4 is 10.0 Å². The molecule has 1 aliphatic carbocycles. The molecule has 0 saturated heterocycles. The Morgan fingerprint density at radius 3 is 2.73 bits per heavy atom. The molecule has 5 heteroatoms. The van der Waals surface area contributed by atoms with E-state index < -0.39 is 15.6 Å². The maximum absolute atomic E-state index is 11.5. The highest BCUT2D eigenvalue weighted by Crippen LogP contribution is 2.32. The number of nitriles is 1. The molecule has 0 bridgehead atoms. The van der Waals surface area contributed by atoms with Crippen molar-refractivity contribution in [3.8, 4) is 6.07 Å². The molecule has 0 aromatic carbocycles. The Kier molecular flexibility index (Phi) is 3.74. The normalized spacial score (nSPS) is 32.2. The second-order valence-electron chi connectivity index (χ2n) is 4.40. The lowest BCUT2D eigenvalue weighted by Gasteiger charge is -2.34. The highest BCUT2D eigenvalue weighted by molar-refractivity contribution is 7.89. The van der Waals surface area contributed by atoms with E-state index in [-0.39, 0.29) is 5.75 Å². The largest absolute Gasteiger partial charge is 0.212 e. The average Bonchev–Trinajstić information content (AvgIpc) is 2.17. The van der Waals surface area contributed by atoms with E-state index in [2.05, 4.69) is 17.7 Å². The molecule has 2 atom stereocenters. The summed E-state index contributed by atoms with van der Waals surface area (Å²) in [7, 11) is -3.29. The summed E-state index contributed by atoms with van der Waals surface area (Å²) in [6, 6.07) is 2.15. The van der Waals surface area contributed by atoms with Gasteiger partial charge in [-0.15, -0.1) is 0 Å². The van der Waals surface area contributed by atoms with Gasteiger partial charge in [-0.3, -0.25) is 0 Å². The average molecular weight is 230 g/mol. The van der Waals surface area contributed by atoms with E-state index in [9.17, 15) is 8.42 Å². The van der Waals surface area contributed by atoms with Crippen LogP contribution < -0.4 is 4.72 Å². The van der Waals surface area contributed by atoms with Crippen LogP contribution in [-0.2, 0) is 10.0 Å². The van der Waals surface area contributed by atoms with Gasteiger partial charge in [0.05, 0.1) is 11.8 Å². The van der Waals surface area contributed by atoms with Gasteiger partial charge in [0, 0.05) is 0 Å². The van der Waals surface area contributed by atoms with Gasteiger partial charge in [-0.2, -0.15) is 9.98 Å². The molecule has 0 unspecified atom stereocenters. The van der Waals surface area contributed by atoms with Crippen molar-refractivity contribution in [1.82, 2.24) is 4.72 Å². The summed E-state index contributed by atoms with van der Waals surface area (Å²) in [4.78, 5) is 0. The highest BCUT2D eigenvalue weighted by Gasteiger charge is 2.37. The number of hydrogen-bond donors (Lipinski definition) is 1. The number of hydrogen-bond acceptors (Lipinski definition) is 3. The molecular weight excluding hydrogens is 212 g/mol. The van der Waals surface area contributed by atoms with E-state index in [4.69, 9.17) is 5.26 Å². The van der Waals surface area contributed by atoms with Crippen molar-refractivity contribution in [3.63, 3.8) is 0 Å². The predicted molar refractivity (Wildman–Crippen MR) is 58.6 cm³/mol. The number of rotatable bonds is 3. The van der Waals surface area contributed by atoms with E-state index >= 15 is 0 Å². The van der Waals surface area contributed by atoms with Gasteiger partial charge in [-0.1, -0.05) is 19.8 Å². The van der Waals surface area contributed by atoms with Crippen molar-refractivity contribution in [3.05, 3.63) is 0 Å². The Labute approximate surface area is 91.7 Å². The first-order valence-corrected chi connectivity index (χ1v) is 7.01. The van der Waals surface area contributed by atoms with E-state index in [1.807, 2.05) is 0 Å². The summed E-state index contributed by atoms with van der Waals surface area (Å²) in [5.74, 6) is 0.447. The molecule has 15 heavy (non-hydrogen) atoms. The second-order valence-corrected chi connectivity index (χ2v) is 6.41. The molecule has 0 amide bonds. The lowest BCUT2D eigenvalue weighted by atomic mass is 9.78. The number of nitrogens with one attached hydrogen (secondary N) is 1. The van der Waals surface area contributed by atoms with E-state index in [0.29, 0.717) is 18.8 Å². The van der Waals surface area contributed by atoms with E-state index in [1.54, 1.807) is 6.92 Å². The van der Waals surface area contributed by atoms with Gasteiger partial charge in [-0.05, 0) is 25.7 Å². The van der Waals surface area contributed by atoms with Crippen LogP contribution in [0.4, 0.5) is 0 Å². The maximum Gasteiger partial charge on any atom is 0.212 e. The lowest BCUT2D eigenvalue weighted by Crippen LogP contribution is -2.50. The lowest BCUT2D eigenvalue weighted by molar-refractivity contribution is 0.270. The fourth-order valence-corrected chi connectivity index (χ4v) is 3.11. The summed E-state index contributed by atoms with van der Waals surface area (Å²) in [5, 5.41) is 9.14. The maximum atomic E-state index is 11.5. The summed E-state index contributed by atoms with van der Waals surface area (Å²) in [6.45, 7) is 3.64. The minimum atomic E-state index is -3.29. The Hall–Kier alpha value is -0.600. The van der Waals surface area contributed by atoms with Crippen molar-refractivity contribution < 1.29 is 8.42 Å². The van der Waals surface area contributed by atoms with Gasteiger partial charge >= 0.3 is 0 Å². The minimum absolute atomic E-state index is 0.0326. The molecular formula is C10H18N2O2S. The third-order valence-corrected chi connectivity index (χ3v) is 4.40. The van der Waals surface area contributed by atoms with Gasteiger partial charge < -0.3 is 0 Å². The molecule has 1 rings (SSSR count). The minimum Gasteiger partial charge on any atom is -0.212 e. The molecule has 86 valence electrons. The Balaban J connectivity index is 2.82. The first kappa shape index (κ1) is 12.5. The van der Waals surface area contributed by atoms with Crippen LogP contribution in [0.5, 0.6) is 0 Å². The first-order chi connectivity index (χ1) is 6.93. The van der Waals surface area contributed by atoms with E-state index in [1.165, 1.54) is 0 Å². The third kappa shape index (κ3) is 3.18. The van der Waals surface area contributed by atoms with Crippen LogP contribution in [0, 0.1) is 17.2 Å². The molecule has 0 aromatic heterocycles. The summed E-state index contributed by atoms with van der Waals surface area (Å²) in [5.41, 5.74) is -0.855. The molecule has 0 aliphatic heterocycles. The van der Waals surface area contributed by atoms with Crippen molar-refractivity contribution in [2.24, 2.45) is 5.92 Å². The van der Waals surface area contributed by atoms with Crippen LogP contribution >= 0.6 is 0 Å². The monoisotopic (exact) mass is 230 g/mol. The Morgan fingerprint density at radius 1 is 1.60 bits per heavy atom. The first-order valence-electron chi connectivity index (χ1n) is 5.36. The smallest absolute Gasteiger partial charge is 0.212 e. The standard InChI is InChI=1S/C10H18N2O2S/c1-3-15(13,14)12-10(8-11)6-4-5-9(2)7-10/h9,12H,3-7H2,1-2H3/t9-,10+/m1/s1. The Bertz CT molecular complexity index is 358. The SMILES string of the molecule is CCS(=O)(=O)N[C@@]1(C#N)CCC[C@@H](C)C1. The fraction of sp³-hybridized carbons (Fsp3) is 0.900. The molecule has 4 nitrogen and oxygen atoms in total. The zero-order valence-corrected chi connectivity index (χ0v) is 10.1. The van der Waals surface area contributed by atoms with Gasteiger partial charge in [0.2, 0.25) is 10.0 Å². The zero-order valence-electron chi connectivity index (χ0n) is 9.28. The molecule has 1 saturated carbocycles. The molecule has 0 heterocycles. The molecule has 1 N–H and O–H groups in total. The summed E-state index contributed by atoms with van der Waals surface area (Å²) in [6.07, 6.45) is 3.26. The van der Waals surface area contributed by atoms with Gasteiger partial charge in [0.15, 0.2) is 0 Å². The molecule has 1 aliphatic rings. The zero-order chi connectivity index (χ0) is 11.5. The van der Waals surface area contributed by atoms with E-state index in [0.717, 1.165) is 12.8 Å². The topological polar surface area (TPSA) is 70.0 Å². The van der Waals surface area contributed by atoms with Crippen molar-refractivity contribution in [2.45, 2.75) is 45.1 Å². The van der Waals surface area contributed by atoms with Gasteiger partial charge in [0.1, 0.15) is 5.54 Å². The van der Waals surface area contributed by atoms with Crippen LogP contribution in [0.25, 0.3) is 0 Å². The third-order valence-electron chi connectivity index (χ3n) is 2.94. The molecule has 1 fully saturated rings. The fourth-order valence-electron chi connectivity index (χ4n) is 2.14. The van der Waals surface area contributed by atoms with Crippen LogP contribution in [-0.4, -0.2) is 19.7 Å². The Morgan fingerprint density at radius 2 is 2.27 bits per heavy atom. The summed E-state index contributed by atoms with van der Waals surface area (Å²) >= 11 is 0. The van der Waals surface area contributed by atoms with Crippen molar-refractivity contribution in [1.29, 1.82) is 5.26 Å². The quantitative estimate of drug-likeness (QED) is 0.796. The van der Waals surface area contributed by atoms with Crippen LogP contribution in [0.2, 0.25) is 0 Å². The number of sulfonamides is 1. The van der Waals surface area contributed by atoms with Crippen molar-refractivity contribution in [2.75, 3.05) is 5.75 Å². The highest BCUT2D eigenvalue weighted by atomic mass is 32.2. The number of nitrogens with zero attached hydrogens (tertiary/aromatic N) is 1. The predicted octanol–water partition coefficient (Wildman–Crippen LogP) is 1.40. The van der Waals surface area contributed by atoms with Crippen LogP contribution in [0.1, 0.15) is 39.5 Å².